The molecule has 0 N–H and O–H groups in total. The molecule has 0 saturated carbocycles. The van der Waals surface area contributed by atoms with Gasteiger partial charge in [-0.2, -0.15) is 4.57 Å². The van der Waals surface area contributed by atoms with Crippen LogP contribution in [0.3, 0.4) is 0 Å². The SMILES string of the molecule is CCC1(C)c2ccc([P+](C)(C)C)cc2-c2cc([P+](C)(C)C)cc[n+]2C1(C)CC. The molecular formula is C25H40NP2+3. The summed E-state index contributed by atoms with van der Waals surface area (Å²) >= 11 is 0. The molecule has 3 heteroatoms. The fourth-order valence-corrected chi connectivity index (χ4v) is 6.94. The average Bonchev–Trinajstić information content (AvgIpc) is 2.63. The Bertz CT molecular complexity index is 828. The highest BCUT2D eigenvalue weighted by atomic mass is 31.2. The van der Waals surface area contributed by atoms with Crippen molar-refractivity contribution in [3.63, 3.8) is 0 Å². The zero-order valence-corrected chi connectivity index (χ0v) is 21.5. The van der Waals surface area contributed by atoms with Gasteiger partial charge in [-0.05, 0) is 31.0 Å². The normalized spacial score (nSPS) is 24.6. The molecule has 1 aliphatic rings. The molecule has 1 aromatic heterocycles. The van der Waals surface area contributed by atoms with Crippen LogP contribution in [0.1, 0.15) is 46.1 Å². The molecule has 1 nitrogen and oxygen atoms in total. The van der Waals surface area contributed by atoms with Crippen LogP contribution in [-0.2, 0) is 11.0 Å². The molecule has 0 aliphatic carbocycles. The van der Waals surface area contributed by atoms with Crippen molar-refractivity contribution in [1.29, 1.82) is 0 Å². The Labute approximate surface area is 174 Å². The first-order chi connectivity index (χ1) is 12.8. The summed E-state index contributed by atoms with van der Waals surface area (Å²) in [5.74, 6) is 0. The maximum absolute atomic E-state index is 2.61. The zero-order chi connectivity index (χ0) is 21.1. The molecule has 1 aromatic carbocycles. The summed E-state index contributed by atoms with van der Waals surface area (Å²) in [6.45, 7) is 24.2. The largest absolute Gasteiger partial charge is 0.217 e. The number of fused-ring (bicyclic) bond motifs is 3. The van der Waals surface area contributed by atoms with E-state index in [9.17, 15) is 0 Å². The Kier molecular flexibility index (Phi) is 5.40. The van der Waals surface area contributed by atoms with E-state index < -0.39 is 14.5 Å². The van der Waals surface area contributed by atoms with Gasteiger partial charge in [0.2, 0.25) is 5.69 Å². The molecule has 3 rings (SSSR count). The number of hydrogen-bond acceptors (Lipinski definition) is 0. The second kappa shape index (κ2) is 6.89. The second-order valence-corrected chi connectivity index (χ2v) is 19.8. The third-order valence-electron chi connectivity index (χ3n) is 7.48. The lowest BCUT2D eigenvalue weighted by molar-refractivity contribution is -0.765. The third kappa shape index (κ3) is 3.18. The predicted molar refractivity (Wildman–Crippen MR) is 132 cm³/mol. The molecule has 0 bridgehead atoms. The van der Waals surface area contributed by atoms with E-state index in [-0.39, 0.29) is 11.0 Å². The minimum absolute atomic E-state index is 0.0807. The lowest BCUT2D eigenvalue weighted by Crippen LogP contribution is -2.67. The molecule has 2 heterocycles. The highest BCUT2D eigenvalue weighted by Gasteiger charge is 2.56. The van der Waals surface area contributed by atoms with Crippen LogP contribution < -0.4 is 15.2 Å². The fraction of sp³-hybridized carbons (Fsp3) is 0.560. The maximum Gasteiger partial charge on any atom is 0.217 e. The maximum atomic E-state index is 2.61. The van der Waals surface area contributed by atoms with Gasteiger partial charge in [0.05, 0.1) is 62.3 Å². The van der Waals surface area contributed by atoms with Crippen molar-refractivity contribution in [2.24, 2.45) is 0 Å². The smallest absolute Gasteiger partial charge is 0.192 e. The van der Waals surface area contributed by atoms with Crippen molar-refractivity contribution in [3.05, 3.63) is 42.1 Å². The summed E-state index contributed by atoms with van der Waals surface area (Å²) in [6, 6.07) is 12.3. The monoisotopic (exact) mass is 416 g/mol. The molecule has 2 atom stereocenters. The predicted octanol–water partition coefficient (Wildman–Crippen LogP) is 5.51. The topological polar surface area (TPSA) is 3.88 Å². The lowest BCUT2D eigenvalue weighted by atomic mass is 9.61. The summed E-state index contributed by atoms with van der Waals surface area (Å²) in [6.07, 6.45) is 4.68. The molecular weight excluding hydrogens is 376 g/mol. The van der Waals surface area contributed by atoms with Crippen LogP contribution >= 0.6 is 14.5 Å². The first-order valence-electron chi connectivity index (χ1n) is 10.6. The second-order valence-electron chi connectivity index (χ2n) is 10.7. The van der Waals surface area contributed by atoms with Crippen molar-refractivity contribution in [1.82, 2.24) is 0 Å². The van der Waals surface area contributed by atoms with E-state index in [0.29, 0.717) is 0 Å². The van der Waals surface area contributed by atoms with Crippen LogP contribution in [-0.4, -0.2) is 40.0 Å². The Morgan fingerprint density at radius 1 is 0.786 bits per heavy atom. The molecule has 2 aromatic rings. The van der Waals surface area contributed by atoms with E-state index in [4.69, 9.17) is 0 Å². The average molecular weight is 417 g/mol. The molecule has 28 heavy (non-hydrogen) atoms. The molecule has 0 saturated heterocycles. The van der Waals surface area contributed by atoms with Crippen molar-refractivity contribution >= 4 is 25.1 Å². The van der Waals surface area contributed by atoms with Gasteiger partial charge in [-0.15, -0.1) is 0 Å². The van der Waals surface area contributed by atoms with Crippen LogP contribution in [0.15, 0.2) is 36.5 Å². The summed E-state index contributed by atoms with van der Waals surface area (Å²) < 4.78 is 2.61. The number of pyridine rings is 1. The van der Waals surface area contributed by atoms with Crippen LogP contribution in [0, 0.1) is 0 Å². The molecule has 0 radical (unpaired) electrons. The van der Waals surface area contributed by atoms with Gasteiger partial charge in [-0.1, -0.05) is 19.9 Å². The Hall–Kier alpha value is -0.770. The van der Waals surface area contributed by atoms with Crippen LogP contribution in [0.4, 0.5) is 0 Å². The quantitative estimate of drug-likeness (QED) is 0.457. The zero-order valence-electron chi connectivity index (χ0n) is 19.7. The third-order valence-corrected chi connectivity index (χ3v) is 11.1. The Balaban J connectivity index is 2.42. The van der Waals surface area contributed by atoms with Gasteiger partial charge >= 0.3 is 0 Å². The van der Waals surface area contributed by atoms with Crippen molar-refractivity contribution in [2.45, 2.75) is 51.5 Å². The van der Waals surface area contributed by atoms with Gasteiger partial charge in [-0.25, -0.2) is 0 Å². The minimum atomic E-state index is -1.07. The van der Waals surface area contributed by atoms with Crippen LogP contribution in [0.5, 0.6) is 0 Å². The number of aromatic nitrogens is 1. The van der Waals surface area contributed by atoms with Gasteiger partial charge in [-0.3, -0.25) is 0 Å². The lowest BCUT2D eigenvalue weighted by Gasteiger charge is -2.46. The highest BCUT2D eigenvalue weighted by Crippen LogP contribution is 2.52. The molecule has 152 valence electrons. The number of hydrogen-bond donors (Lipinski definition) is 0. The first kappa shape index (κ1) is 21.9. The molecule has 2 unspecified atom stereocenters. The molecule has 0 spiro atoms. The molecule has 0 fully saturated rings. The highest BCUT2D eigenvalue weighted by molar-refractivity contribution is 7.81. The van der Waals surface area contributed by atoms with Crippen LogP contribution in [0.25, 0.3) is 11.3 Å². The summed E-state index contributed by atoms with van der Waals surface area (Å²) in [5.41, 5.74) is 4.64. The molecule has 0 amide bonds. The van der Waals surface area contributed by atoms with Crippen molar-refractivity contribution < 1.29 is 4.57 Å². The van der Waals surface area contributed by atoms with E-state index in [0.717, 1.165) is 12.8 Å². The van der Waals surface area contributed by atoms with Gasteiger partial charge in [0.25, 0.3) is 0 Å². The number of benzene rings is 1. The van der Waals surface area contributed by atoms with E-state index in [1.54, 1.807) is 5.56 Å². The number of rotatable bonds is 4. The van der Waals surface area contributed by atoms with Gasteiger partial charge in [0.15, 0.2) is 11.7 Å². The van der Waals surface area contributed by atoms with E-state index in [1.165, 1.54) is 21.9 Å². The first-order valence-corrected chi connectivity index (χ1v) is 16.9. The molecule has 1 aliphatic heterocycles. The van der Waals surface area contributed by atoms with Crippen LogP contribution in [0.2, 0.25) is 0 Å². The van der Waals surface area contributed by atoms with Crippen molar-refractivity contribution in [3.8, 4) is 11.3 Å². The van der Waals surface area contributed by atoms with E-state index in [2.05, 4.69) is 109 Å². The minimum Gasteiger partial charge on any atom is -0.192 e. The van der Waals surface area contributed by atoms with Gasteiger partial charge in [0.1, 0.15) is 5.30 Å². The summed E-state index contributed by atoms with van der Waals surface area (Å²) in [4.78, 5) is 0. The fourth-order valence-electron chi connectivity index (χ4n) is 4.87. The number of nitrogens with zero attached hydrogens (tertiary/aromatic N) is 1. The van der Waals surface area contributed by atoms with E-state index >= 15 is 0 Å². The van der Waals surface area contributed by atoms with E-state index in [1.807, 2.05) is 0 Å². The Morgan fingerprint density at radius 3 is 1.86 bits per heavy atom. The van der Waals surface area contributed by atoms with Gasteiger partial charge in [0, 0.05) is 33.9 Å². The van der Waals surface area contributed by atoms with Crippen molar-refractivity contribution in [2.75, 3.05) is 40.0 Å². The Morgan fingerprint density at radius 2 is 1.36 bits per heavy atom. The summed E-state index contributed by atoms with van der Waals surface area (Å²) in [7, 11) is -2.13. The standard InChI is InChI=1S/C25H40NP2/c1-11-24(3)22-14-13-19(27(5,6)7)17-21(22)23-18-20(28(8,9)10)15-16-26(23)25(24,4)12-2/h13-18H,11-12H2,1-10H3/q+3. The summed E-state index contributed by atoms with van der Waals surface area (Å²) in [5, 5.41) is 3.06. The van der Waals surface area contributed by atoms with Gasteiger partial charge < -0.3 is 0 Å².